The zero-order chi connectivity index (χ0) is 14.7. The van der Waals surface area contributed by atoms with Crippen molar-refractivity contribution in [2.24, 2.45) is 23.7 Å². The van der Waals surface area contributed by atoms with Gasteiger partial charge in [0.25, 0.3) is 5.69 Å². The molecule has 6 nitrogen and oxygen atoms in total. The van der Waals surface area contributed by atoms with E-state index in [2.05, 4.69) is 0 Å². The smallest absolute Gasteiger partial charge is 0.274 e. The molecule has 6 heteroatoms. The number of hydrogen-bond acceptors (Lipinski definition) is 4. The first kappa shape index (κ1) is 12.3. The third kappa shape index (κ3) is 1.47. The minimum absolute atomic E-state index is 0.0892. The molecule has 1 saturated carbocycles. The lowest BCUT2D eigenvalue weighted by atomic mass is 9.85. The molecule has 0 N–H and O–H groups in total. The summed E-state index contributed by atoms with van der Waals surface area (Å²) in [6, 6.07) is 5.91. The summed E-state index contributed by atoms with van der Waals surface area (Å²) < 4.78 is 0. The van der Waals surface area contributed by atoms with Crippen LogP contribution in [0.15, 0.2) is 36.4 Å². The first-order valence-electron chi connectivity index (χ1n) is 6.89. The van der Waals surface area contributed by atoms with E-state index in [1.165, 1.54) is 18.2 Å². The molecule has 2 fully saturated rings. The zero-order valence-electron chi connectivity index (χ0n) is 11.0. The number of rotatable bonds is 2. The molecule has 0 aromatic heterocycles. The first-order valence-corrected chi connectivity index (χ1v) is 6.89. The molecule has 2 amide bonds. The third-order valence-corrected chi connectivity index (χ3v) is 4.79. The van der Waals surface area contributed by atoms with E-state index in [9.17, 15) is 19.7 Å². The lowest BCUT2D eigenvalue weighted by molar-refractivity contribution is -0.384. The molecule has 2 aliphatic carbocycles. The summed E-state index contributed by atoms with van der Waals surface area (Å²) in [5.74, 6) is -1.07. The van der Waals surface area contributed by atoms with Crippen LogP contribution in [0.1, 0.15) is 6.42 Å². The monoisotopic (exact) mass is 284 g/mol. The van der Waals surface area contributed by atoms with E-state index >= 15 is 0 Å². The third-order valence-electron chi connectivity index (χ3n) is 4.79. The van der Waals surface area contributed by atoms with Gasteiger partial charge in [0.2, 0.25) is 11.8 Å². The van der Waals surface area contributed by atoms with Gasteiger partial charge in [0, 0.05) is 6.07 Å². The van der Waals surface area contributed by atoms with Crippen LogP contribution in [-0.2, 0) is 9.59 Å². The maximum Gasteiger partial charge on any atom is 0.293 e. The van der Waals surface area contributed by atoms with Crippen molar-refractivity contribution in [3.8, 4) is 0 Å². The Morgan fingerprint density at radius 2 is 1.62 bits per heavy atom. The second-order valence-corrected chi connectivity index (χ2v) is 5.76. The highest BCUT2D eigenvalue weighted by molar-refractivity contribution is 6.23. The summed E-state index contributed by atoms with van der Waals surface area (Å²) in [6.45, 7) is 0. The Balaban J connectivity index is 1.80. The van der Waals surface area contributed by atoms with Gasteiger partial charge in [0.05, 0.1) is 16.8 Å². The van der Waals surface area contributed by atoms with Crippen LogP contribution in [0, 0.1) is 33.8 Å². The van der Waals surface area contributed by atoms with Gasteiger partial charge in [-0.25, -0.2) is 4.90 Å². The molecule has 3 aliphatic rings. The Labute approximate surface area is 120 Å². The number of carbonyl (C=O) groups excluding carboxylic acids is 2. The van der Waals surface area contributed by atoms with E-state index in [0.717, 1.165) is 11.3 Å². The molecule has 1 saturated heterocycles. The number of nitro benzene ring substituents is 1. The zero-order valence-corrected chi connectivity index (χ0v) is 11.0. The van der Waals surface area contributed by atoms with E-state index in [-0.39, 0.29) is 46.9 Å². The van der Waals surface area contributed by atoms with Crippen molar-refractivity contribution in [3.63, 3.8) is 0 Å². The second kappa shape index (κ2) is 4.00. The highest BCUT2D eigenvalue weighted by Crippen LogP contribution is 2.53. The number of allylic oxidation sites excluding steroid dienone is 2. The van der Waals surface area contributed by atoms with Crippen molar-refractivity contribution in [3.05, 3.63) is 46.5 Å². The van der Waals surface area contributed by atoms with Crippen LogP contribution in [0.4, 0.5) is 11.4 Å². The number of imide groups is 1. The number of benzene rings is 1. The average molecular weight is 284 g/mol. The standard InChI is InChI=1S/C15H12N2O4/c18-14-12-8-5-6-9(7-8)13(12)15(19)16(14)10-3-1-2-4-11(10)17(20)21/h1-6,8-9,12-13H,7H2/t8-,9-,12+,13+/m1/s1. The molecule has 1 heterocycles. The Hall–Kier alpha value is -2.50. The number of para-hydroxylation sites is 2. The minimum atomic E-state index is -0.559. The highest BCUT2D eigenvalue weighted by atomic mass is 16.6. The molecule has 4 atom stereocenters. The second-order valence-electron chi connectivity index (χ2n) is 5.76. The maximum atomic E-state index is 12.6. The van der Waals surface area contributed by atoms with Gasteiger partial charge >= 0.3 is 0 Å². The molecule has 21 heavy (non-hydrogen) atoms. The number of hydrogen-bond donors (Lipinski definition) is 0. The Morgan fingerprint density at radius 3 is 2.19 bits per heavy atom. The summed E-state index contributed by atoms with van der Waals surface area (Å²) in [5.41, 5.74) is -0.120. The minimum Gasteiger partial charge on any atom is -0.274 e. The normalized spacial score (nSPS) is 32.9. The van der Waals surface area contributed by atoms with Crippen molar-refractivity contribution in [2.45, 2.75) is 6.42 Å². The van der Waals surface area contributed by atoms with Gasteiger partial charge in [-0.2, -0.15) is 0 Å². The van der Waals surface area contributed by atoms with Crippen LogP contribution in [0.3, 0.4) is 0 Å². The molecule has 0 radical (unpaired) electrons. The molecule has 1 aliphatic heterocycles. The molecule has 4 rings (SSSR count). The van der Waals surface area contributed by atoms with Crippen molar-refractivity contribution >= 4 is 23.2 Å². The molecular weight excluding hydrogens is 272 g/mol. The summed E-state index contributed by atoms with van der Waals surface area (Å²) in [4.78, 5) is 36.8. The van der Waals surface area contributed by atoms with E-state index < -0.39 is 4.92 Å². The summed E-state index contributed by atoms with van der Waals surface area (Å²) in [7, 11) is 0. The fourth-order valence-electron chi connectivity index (χ4n) is 3.95. The van der Waals surface area contributed by atoms with Crippen LogP contribution < -0.4 is 4.90 Å². The number of amides is 2. The van der Waals surface area contributed by atoms with Crippen LogP contribution in [-0.4, -0.2) is 16.7 Å². The Bertz CT molecular complexity index is 681. The molecule has 1 aromatic carbocycles. The summed E-state index contributed by atoms with van der Waals surface area (Å²) >= 11 is 0. The largest absolute Gasteiger partial charge is 0.293 e. The molecule has 0 unspecified atom stereocenters. The van der Waals surface area contributed by atoms with Gasteiger partial charge in [0.1, 0.15) is 5.69 Å². The number of nitrogens with zero attached hydrogens (tertiary/aromatic N) is 2. The lowest BCUT2D eigenvalue weighted by Gasteiger charge is -2.16. The predicted octanol–water partition coefficient (Wildman–Crippen LogP) is 1.91. The van der Waals surface area contributed by atoms with Crippen molar-refractivity contribution in [2.75, 3.05) is 4.90 Å². The van der Waals surface area contributed by atoms with Crippen molar-refractivity contribution in [1.82, 2.24) is 0 Å². The fourth-order valence-corrected chi connectivity index (χ4v) is 3.95. The maximum absolute atomic E-state index is 12.6. The van der Waals surface area contributed by atoms with Gasteiger partial charge in [-0.1, -0.05) is 24.3 Å². The molecule has 106 valence electrons. The van der Waals surface area contributed by atoms with Gasteiger partial charge in [0.15, 0.2) is 0 Å². The van der Waals surface area contributed by atoms with Crippen LogP contribution in [0.25, 0.3) is 0 Å². The van der Waals surface area contributed by atoms with Gasteiger partial charge < -0.3 is 0 Å². The van der Waals surface area contributed by atoms with Gasteiger partial charge in [-0.15, -0.1) is 0 Å². The molecule has 2 bridgehead atoms. The molecule has 0 spiro atoms. The van der Waals surface area contributed by atoms with Crippen LogP contribution in [0.5, 0.6) is 0 Å². The predicted molar refractivity (Wildman–Crippen MR) is 73.3 cm³/mol. The number of fused-ring (bicyclic) bond motifs is 5. The number of carbonyl (C=O) groups is 2. The van der Waals surface area contributed by atoms with E-state index in [1.54, 1.807) is 6.07 Å². The number of anilines is 1. The summed E-state index contributed by atoms with van der Waals surface area (Å²) in [5, 5.41) is 11.1. The van der Waals surface area contributed by atoms with Crippen LogP contribution in [0.2, 0.25) is 0 Å². The average Bonchev–Trinajstić information content (AvgIpc) is 3.13. The van der Waals surface area contributed by atoms with E-state index in [0.29, 0.717) is 0 Å². The Morgan fingerprint density at radius 1 is 1.05 bits per heavy atom. The van der Waals surface area contributed by atoms with E-state index in [4.69, 9.17) is 0 Å². The topological polar surface area (TPSA) is 80.5 Å². The van der Waals surface area contributed by atoms with E-state index in [1.807, 2.05) is 12.2 Å². The summed E-state index contributed by atoms with van der Waals surface area (Å²) in [6.07, 6.45) is 4.84. The Kier molecular flexibility index (Phi) is 2.34. The first-order chi connectivity index (χ1) is 10.1. The van der Waals surface area contributed by atoms with Gasteiger partial charge in [-0.05, 0) is 24.3 Å². The quantitative estimate of drug-likeness (QED) is 0.359. The van der Waals surface area contributed by atoms with Crippen molar-refractivity contribution in [1.29, 1.82) is 0 Å². The highest BCUT2D eigenvalue weighted by Gasteiger charge is 2.60. The fraction of sp³-hybridized carbons (Fsp3) is 0.333. The molecule has 1 aromatic rings. The molecular formula is C15H12N2O4. The number of nitro groups is 1. The lowest BCUT2D eigenvalue weighted by Crippen LogP contribution is -2.33. The van der Waals surface area contributed by atoms with Crippen molar-refractivity contribution < 1.29 is 14.5 Å². The van der Waals surface area contributed by atoms with Gasteiger partial charge in [-0.3, -0.25) is 19.7 Å². The SMILES string of the molecule is O=C1[C@@H]2[C@@H](C(=O)N1c1ccccc1[N+](=O)[O-])[C@@H]1C=C[C@@H]2C1. The van der Waals surface area contributed by atoms with Crippen LogP contribution >= 0.6 is 0 Å².